The summed E-state index contributed by atoms with van der Waals surface area (Å²) < 4.78 is 36.4. The molecule has 2 fully saturated rings. The number of anilines is 1. The smallest absolute Gasteiger partial charge is 0.230 e. The molecule has 0 saturated carbocycles. The largest absolute Gasteiger partial charge is 0.385 e. The van der Waals surface area contributed by atoms with E-state index in [0.29, 0.717) is 54.1 Å². The Labute approximate surface area is 232 Å². The summed E-state index contributed by atoms with van der Waals surface area (Å²) in [5.74, 6) is 0.399. The van der Waals surface area contributed by atoms with Crippen molar-refractivity contribution >= 4 is 11.9 Å². The maximum atomic E-state index is 13.7. The number of methoxy groups -OCH3 is 1. The number of amides is 1. The van der Waals surface area contributed by atoms with E-state index >= 15 is 0 Å². The van der Waals surface area contributed by atoms with Gasteiger partial charge in [0.1, 0.15) is 5.82 Å². The average Bonchev–Trinajstić information content (AvgIpc) is 3.66. The van der Waals surface area contributed by atoms with Crippen LogP contribution in [-0.2, 0) is 23.7 Å². The quantitative estimate of drug-likeness (QED) is 0.305. The number of carbonyl (C=O) groups is 1. The van der Waals surface area contributed by atoms with Crippen molar-refractivity contribution in [1.82, 2.24) is 25.3 Å². The monoisotopic (exact) mass is 554 g/mol. The van der Waals surface area contributed by atoms with Crippen LogP contribution < -0.4 is 10.6 Å². The normalized spacial score (nSPS) is 22.8. The van der Waals surface area contributed by atoms with Gasteiger partial charge in [0.05, 0.1) is 41.8 Å². The van der Waals surface area contributed by atoms with E-state index < -0.39 is 11.7 Å². The maximum absolute atomic E-state index is 13.7. The molecule has 1 unspecified atom stereocenters. The first-order valence-corrected chi connectivity index (χ1v) is 13.5. The molecule has 3 aromatic rings. The van der Waals surface area contributed by atoms with Crippen LogP contribution in [0, 0.1) is 11.2 Å². The Morgan fingerprint density at radius 3 is 2.70 bits per heavy atom. The minimum absolute atomic E-state index is 0.0556. The molecule has 2 aromatic heterocycles. The molecule has 1 amide bonds. The third-order valence-electron chi connectivity index (χ3n) is 6.95. The first-order valence-electron chi connectivity index (χ1n) is 13.5. The first kappa shape index (κ1) is 28.1. The van der Waals surface area contributed by atoms with E-state index in [0.717, 1.165) is 25.9 Å². The lowest BCUT2D eigenvalue weighted by Gasteiger charge is -2.35. The maximum Gasteiger partial charge on any atom is 0.230 e. The van der Waals surface area contributed by atoms with Crippen LogP contribution in [0.25, 0.3) is 22.6 Å². The van der Waals surface area contributed by atoms with Gasteiger partial charge in [-0.05, 0) is 56.5 Å². The van der Waals surface area contributed by atoms with Crippen molar-refractivity contribution in [2.45, 2.75) is 38.6 Å². The van der Waals surface area contributed by atoms with Crippen molar-refractivity contribution in [3.63, 3.8) is 0 Å². The second kappa shape index (κ2) is 12.8. The number of aromatic nitrogens is 4. The minimum atomic E-state index is -0.847. The molecule has 11 nitrogen and oxygen atoms in total. The number of carbonyl (C=O) groups excluding carboxylic acids is 1. The van der Waals surface area contributed by atoms with Crippen molar-refractivity contribution in [3.8, 4) is 22.6 Å². The van der Waals surface area contributed by atoms with Crippen molar-refractivity contribution in [2.24, 2.45) is 5.41 Å². The molecule has 1 aromatic carbocycles. The van der Waals surface area contributed by atoms with Crippen LogP contribution in [0.3, 0.4) is 0 Å². The van der Waals surface area contributed by atoms with Crippen molar-refractivity contribution < 1.29 is 28.1 Å². The molecule has 214 valence electrons. The number of halogens is 1. The summed E-state index contributed by atoms with van der Waals surface area (Å²) >= 11 is 0. The Bertz CT molecular complexity index is 1270. The number of benzene rings is 1. The molecule has 2 saturated heterocycles. The molecule has 0 aliphatic carbocycles. The summed E-state index contributed by atoms with van der Waals surface area (Å²) in [7, 11) is 1.66. The molecular weight excluding hydrogens is 519 g/mol. The number of nitrogens with one attached hydrogen (secondary N) is 3. The van der Waals surface area contributed by atoms with Crippen LogP contribution in [0.15, 0.2) is 36.5 Å². The summed E-state index contributed by atoms with van der Waals surface area (Å²) in [5.41, 5.74) is 1.62. The van der Waals surface area contributed by atoms with E-state index in [-0.39, 0.29) is 31.0 Å². The van der Waals surface area contributed by atoms with E-state index in [9.17, 15) is 9.18 Å². The second-order valence-electron chi connectivity index (χ2n) is 10.3. The molecule has 3 N–H and O–H groups in total. The molecule has 2 aliphatic rings. The van der Waals surface area contributed by atoms with E-state index in [1.807, 2.05) is 6.92 Å². The van der Waals surface area contributed by atoms with Crippen molar-refractivity contribution in [1.29, 1.82) is 0 Å². The Kier molecular flexibility index (Phi) is 9.00. The molecule has 5 rings (SSSR count). The third kappa shape index (κ3) is 6.64. The fourth-order valence-electron chi connectivity index (χ4n) is 4.63. The number of nitrogens with zero attached hydrogens (tertiary/aromatic N) is 3. The van der Waals surface area contributed by atoms with Gasteiger partial charge < -0.3 is 34.6 Å². The zero-order valence-corrected chi connectivity index (χ0v) is 22.7. The van der Waals surface area contributed by atoms with Gasteiger partial charge in [-0.3, -0.25) is 4.79 Å². The summed E-state index contributed by atoms with van der Waals surface area (Å²) in [5, 5.41) is 6.16. The number of imidazole rings is 1. The summed E-state index contributed by atoms with van der Waals surface area (Å²) in [6.45, 7) is 4.61. The van der Waals surface area contributed by atoms with Gasteiger partial charge in [0.25, 0.3) is 0 Å². The Morgan fingerprint density at radius 1 is 1.18 bits per heavy atom. The number of hydrogen-bond acceptors (Lipinski definition) is 9. The van der Waals surface area contributed by atoms with Crippen LogP contribution in [-0.4, -0.2) is 78.6 Å². The summed E-state index contributed by atoms with van der Waals surface area (Å²) in [6, 6.07) is 7.83. The zero-order chi connectivity index (χ0) is 28.0. The fraction of sp³-hybridized carbons (Fsp3) is 0.500. The zero-order valence-electron chi connectivity index (χ0n) is 22.7. The molecule has 4 heterocycles. The van der Waals surface area contributed by atoms with Crippen LogP contribution in [0.5, 0.6) is 0 Å². The Hall–Kier alpha value is -3.45. The van der Waals surface area contributed by atoms with Crippen LogP contribution in [0.2, 0.25) is 0 Å². The van der Waals surface area contributed by atoms with Crippen molar-refractivity contribution in [3.05, 3.63) is 48.2 Å². The lowest BCUT2D eigenvalue weighted by molar-refractivity contribution is -0.231. The van der Waals surface area contributed by atoms with E-state index in [1.165, 1.54) is 12.1 Å². The highest BCUT2D eigenvalue weighted by atomic mass is 19.1. The van der Waals surface area contributed by atoms with Gasteiger partial charge in [0.2, 0.25) is 18.1 Å². The molecule has 0 spiro atoms. The predicted octanol–water partition coefficient (Wildman–Crippen LogP) is 3.47. The lowest BCUT2D eigenvalue weighted by Crippen LogP contribution is -2.49. The number of H-pyrrole nitrogens is 1. The van der Waals surface area contributed by atoms with Gasteiger partial charge in [-0.25, -0.2) is 19.3 Å². The number of hydrogen-bond donors (Lipinski definition) is 3. The predicted molar refractivity (Wildman–Crippen MR) is 145 cm³/mol. The van der Waals surface area contributed by atoms with Gasteiger partial charge >= 0.3 is 0 Å². The minimum Gasteiger partial charge on any atom is -0.385 e. The van der Waals surface area contributed by atoms with Gasteiger partial charge in [-0.1, -0.05) is 0 Å². The molecule has 0 radical (unpaired) electrons. The summed E-state index contributed by atoms with van der Waals surface area (Å²) in [6.07, 6.45) is 3.66. The van der Waals surface area contributed by atoms with Gasteiger partial charge in [0, 0.05) is 45.2 Å². The van der Waals surface area contributed by atoms with E-state index in [2.05, 4.69) is 25.6 Å². The highest BCUT2D eigenvalue weighted by molar-refractivity contribution is 5.82. The fourth-order valence-corrected chi connectivity index (χ4v) is 4.63. The molecule has 12 heteroatoms. The molecule has 1 atom stereocenters. The Morgan fingerprint density at radius 2 is 1.98 bits per heavy atom. The van der Waals surface area contributed by atoms with Gasteiger partial charge in [-0.2, -0.15) is 0 Å². The third-order valence-corrected chi connectivity index (χ3v) is 6.95. The van der Waals surface area contributed by atoms with Crippen molar-refractivity contribution in [2.75, 3.05) is 51.9 Å². The van der Waals surface area contributed by atoms with Crippen LogP contribution in [0.1, 0.15) is 38.3 Å². The highest BCUT2D eigenvalue weighted by Gasteiger charge is 2.41. The van der Waals surface area contributed by atoms with Gasteiger partial charge in [-0.15, -0.1) is 0 Å². The number of rotatable bonds is 11. The van der Waals surface area contributed by atoms with E-state index in [1.54, 1.807) is 31.5 Å². The lowest BCUT2D eigenvalue weighted by atomic mass is 9.91. The topological polar surface area (TPSA) is 133 Å². The van der Waals surface area contributed by atoms with E-state index in [4.69, 9.17) is 23.9 Å². The highest BCUT2D eigenvalue weighted by Crippen LogP contribution is 2.35. The molecular formula is C28H35FN6O5. The number of ether oxygens (including phenoxy) is 4. The SMILES string of the molecule is COCCCNc1nccc(-c2[nH]c(C3OCC(C)(C(=O)NCC4CCCO4)CO3)nc2-c2ccc(F)cc2)n1. The Balaban J connectivity index is 1.33. The molecule has 0 bridgehead atoms. The summed E-state index contributed by atoms with van der Waals surface area (Å²) in [4.78, 5) is 29.9. The van der Waals surface area contributed by atoms with Crippen LogP contribution >= 0.6 is 0 Å². The van der Waals surface area contributed by atoms with Crippen LogP contribution in [0.4, 0.5) is 10.3 Å². The molecule has 2 aliphatic heterocycles. The van der Waals surface area contributed by atoms with Gasteiger partial charge in [0.15, 0.2) is 5.82 Å². The molecule has 40 heavy (non-hydrogen) atoms. The first-order chi connectivity index (χ1) is 19.4. The second-order valence-corrected chi connectivity index (χ2v) is 10.3. The number of aromatic amines is 1. The standard InChI is InChI=1S/C28H35FN6O5/c1-28(26(36)32-15-20-5-3-14-38-20)16-39-25(40-17-28)24-34-22(18-6-8-19(29)9-7-18)23(35-24)21-10-12-31-27(33-21)30-11-4-13-37-2/h6-10,12,20,25H,3-5,11,13-17H2,1-2H3,(H,32,36)(H,34,35)(H,30,31,33). The average molecular weight is 555 g/mol.